The SMILES string of the molecule is CC(CCc1ccco1)NC[C@@H]1C[C@H](F)CN1Cc1nccs1. The van der Waals surface area contributed by atoms with Crippen LogP contribution in [0, 0.1) is 0 Å². The number of furan rings is 1. The molecule has 0 spiro atoms. The topological polar surface area (TPSA) is 41.3 Å². The molecule has 3 atom stereocenters. The molecule has 3 rings (SSSR count). The first-order chi connectivity index (χ1) is 11.2. The third-order valence-electron chi connectivity index (χ3n) is 4.40. The molecule has 0 bridgehead atoms. The van der Waals surface area contributed by atoms with Crippen LogP contribution in [0.5, 0.6) is 0 Å². The lowest BCUT2D eigenvalue weighted by atomic mass is 10.1. The minimum absolute atomic E-state index is 0.250. The van der Waals surface area contributed by atoms with Crippen molar-refractivity contribution in [3.8, 4) is 0 Å². The van der Waals surface area contributed by atoms with E-state index < -0.39 is 6.17 Å². The first-order valence-corrected chi connectivity index (χ1v) is 9.11. The Balaban J connectivity index is 1.43. The van der Waals surface area contributed by atoms with Crippen molar-refractivity contribution in [2.24, 2.45) is 0 Å². The third-order valence-corrected chi connectivity index (χ3v) is 5.17. The second-order valence-electron chi connectivity index (χ2n) is 6.27. The van der Waals surface area contributed by atoms with Crippen LogP contribution in [0.4, 0.5) is 4.39 Å². The van der Waals surface area contributed by atoms with E-state index in [0.29, 0.717) is 19.0 Å². The quantitative estimate of drug-likeness (QED) is 0.803. The summed E-state index contributed by atoms with van der Waals surface area (Å²) >= 11 is 1.64. The van der Waals surface area contributed by atoms with Gasteiger partial charge in [0.2, 0.25) is 0 Å². The molecule has 126 valence electrons. The van der Waals surface area contributed by atoms with Crippen molar-refractivity contribution in [3.05, 3.63) is 40.7 Å². The Hall–Kier alpha value is -1.24. The lowest BCUT2D eigenvalue weighted by molar-refractivity contribution is 0.226. The van der Waals surface area contributed by atoms with Gasteiger partial charge in [0.1, 0.15) is 16.9 Å². The molecule has 0 saturated carbocycles. The smallest absolute Gasteiger partial charge is 0.114 e. The Labute approximate surface area is 140 Å². The summed E-state index contributed by atoms with van der Waals surface area (Å²) < 4.78 is 19.2. The number of nitrogens with one attached hydrogen (secondary N) is 1. The Bertz CT molecular complexity index is 560. The van der Waals surface area contributed by atoms with Crippen LogP contribution in [-0.4, -0.2) is 41.2 Å². The average Bonchev–Trinajstić information content (AvgIpc) is 3.26. The van der Waals surface area contributed by atoms with Gasteiger partial charge in [0.25, 0.3) is 0 Å². The van der Waals surface area contributed by atoms with Gasteiger partial charge in [0.05, 0.1) is 12.8 Å². The van der Waals surface area contributed by atoms with Gasteiger partial charge >= 0.3 is 0 Å². The van der Waals surface area contributed by atoms with E-state index in [0.717, 1.165) is 36.7 Å². The largest absolute Gasteiger partial charge is 0.469 e. The standard InChI is InChI=1S/C17H24FN3OS/c1-13(4-5-16-3-2-7-22-16)20-10-15-9-14(18)11-21(15)12-17-19-6-8-23-17/h2-3,6-8,13-15,20H,4-5,9-12H2,1H3/t13?,14-,15-/m0/s1. The number of aryl methyl sites for hydroxylation is 1. The van der Waals surface area contributed by atoms with Gasteiger partial charge in [-0.1, -0.05) is 0 Å². The van der Waals surface area contributed by atoms with Gasteiger partial charge in [-0.3, -0.25) is 4.90 Å². The molecule has 0 aliphatic carbocycles. The molecule has 1 fully saturated rings. The first-order valence-electron chi connectivity index (χ1n) is 8.23. The number of alkyl halides is 1. The van der Waals surface area contributed by atoms with Gasteiger partial charge in [-0.15, -0.1) is 11.3 Å². The highest BCUT2D eigenvalue weighted by atomic mass is 32.1. The number of thiazole rings is 1. The minimum atomic E-state index is -0.722. The van der Waals surface area contributed by atoms with Gasteiger partial charge < -0.3 is 9.73 Å². The zero-order chi connectivity index (χ0) is 16.1. The second-order valence-corrected chi connectivity index (χ2v) is 7.25. The van der Waals surface area contributed by atoms with Crippen LogP contribution in [0.15, 0.2) is 34.4 Å². The Kier molecular flexibility index (Phi) is 5.80. The van der Waals surface area contributed by atoms with Crippen LogP contribution >= 0.6 is 11.3 Å². The summed E-state index contributed by atoms with van der Waals surface area (Å²) in [5.74, 6) is 1.02. The number of hydrogen-bond donors (Lipinski definition) is 1. The number of nitrogens with zero attached hydrogens (tertiary/aromatic N) is 2. The Morgan fingerprint density at radius 2 is 2.48 bits per heavy atom. The molecule has 0 radical (unpaired) electrons. The maximum absolute atomic E-state index is 13.8. The maximum atomic E-state index is 13.8. The molecule has 0 aromatic carbocycles. The van der Waals surface area contributed by atoms with E-state index in [2.05, 4.69) is 22.1 Å². The molecule has 0 amide bonds. The normalized spacial score (nSPS) is 23.4. The molecule has 6 heteroatoms. The van der Waals surface area contributed by atoms with E-state index in [-0.39, 0.29) is 6.04 Å². The van der Waals surface area contributed by atoms with E-state index in [9.17, 15) is 4.39 Å². The van der Waals surface area contributed by atoms with Crippen LogP contribution in [0.1, 0.15) is 30.5 Å². The van der Waals surface area contributed by atoms with Gasteiger partial charge in [-0.25, -0.2) is 9.37 Å². The molecule has 3 heterocycles. The van der Waals surface area contributed by atoms with E-state index in [1.54, 1.807) is 17.6 Å². The summed E-state index contributed by atoms with van der Waals surface area (Å²) in [6, 6.07) is 4.57. The van der Waals surface area contributed by atoms with Crippen molar-refractivity contribution in [1.82, 2.24) is 15.2 Å². The molecule has 1 saturated heterocycles. The van der Waals surface area contributed by atoms with Crippen LogP contribution in [-0.2, 0) is 13.0 Å². The monoisotopic (exact) mass is 337 g/mol. The molecular formula is C17H24FN3OS. The van der Waals surface area contributed by atoms with E-state index >= 15 is 0 Å². The van der Waals surface area contributed by atoms with Gasteiger partial charge in [0, 0.05) is 43.2 Å². The van der Waals surface area contributed by atoms with E-state index in [1.165, 1.54) is 0 Å². The highest BCUT2D eigenvalue weighted by Crippen LogP contribution is 2.23. The predicted octanol–water partition coefficient (Wildman–Crippen LogP) is 3.26. The Morgan fingerprint density at radius 1 is 1.57 bits per heavy atom. The zero-order valence-electron chi connectivity index (χ0n) is 13.5. The molecule has 4 nitrogen and oxygen atoms in total. The van der Waals surface area contributed by atoms with Crippen LogP contribution in [0.3, 0.4) is 0 Å². The molecule has 1 unspecified atom stereocenters. The lowest BCUT2D eigenvalue weighted by Crippen LogP contribution is -2.40. The summed E-state index contributed by atoms with van der Waals surface area (Å²) in [6.07, 6.45) is 5.37. The fourth-order valence-corrected chi connectivity index (χ4v) is 3.73. The number of aromatic nitrogens is 1. The van der Waals surface area contributed by atoms with Crippen molar-refractivity contribution >= 4 is 11.3 Å². The molecule has 1 aliphatic heterocycles. The molecule has 1 N–H and O–H groups in total. The molecule has 2 aromatic heterocycles. The minimum Gasteiger partial charge on any atom is -0.469 e. The average molecular weight is 337 g/mol. The maximum Gasteiger partial charge on any atom is 0.114 e. The van der Waals surface area contributed by atoms with Crippen molar-refractivity contribution in [1.29, 1.82) is 0 Å². The van der Waals surface area contributed by atoms with Gasteiger partial charge in [-0.05, 0) is 31.9 Å². The molecular weight excluding hydrogens is 313 g/mol. The van der Waals surface area contributed by atoms with Gasteiger partial charge in [-0.2, -0.15) is 0 Å². The third kappa shape index (κ3) is 4.86. The van der Waals surface area contributed by atoms with Crippen molar-refractivity contribution in [3.63, 3.8) is 0 Å². The Morgan fingerprint density at radius 3 is 3.22 bits per heavy atom. The predicted molar refractivity (Wildman–Crippen MR) is 90.3 cm³/mol. The fourth-order valence-electron chi connectivity index (χ4n) is 3.09. The molecule has 23 heavy (non-hydrogen) atoms. The summed E-state index contributed by atoms with van der Waals surface area (Å²) in [4.78, 5) is 6.53. The molecule has 2 aromatic rings. The number of halogens is 1. The van der Waals surface area contributed by atoms with Crippen LogP contribution in [0.25, 0.3) is 0 Å². The van der Waals surface area contributed by atoms with Gasteiger partial charge in [0.15, 0.2) is 0 Å². The number of likely N-dealkylation sites (tertiary alicyclic amines) is 1. The second kappa shape index (κ2) is 8.04. The van der Waals surface area contributed by atoms with Crippen molar-refractivity contribution < 1.29 is 8.81 Å². The number of rotatable bonds is 8. The van der Waals surface area contributed by atoms with E-state index in [1.807, 2.05) is 23.7 Å². The lowest BCUT2D eigenvalue weighted by Gasteiger charge is -2.25. The van der Waals surface area contributed by atoms with Crippen molar-refractivity contribution in [2.45, 2.75) is 51.0 Å². The summed E-state index contributed by atoms with van der Waals surface area (Å²) in [6.45, 7) is 4.28. The fraction of sp³-hybridized carbons (Fsp3) is 0.588. The highest BCUT2D eigenvalue weighted by molar-refractivity contribution is 7.09. The van der Waals surface area contributed by atoms with Crippen molar-refractivity contribution in [2.75, 3.05) is 13.1 Å². The zero-order valence-corrected chi connectivity index (χ0v) is 14.3. The highest BCUT2D eigenvalue weighted by Gasteiger charge is 2.32. The molecule has 1 aliphatic rings. The number of hydrogen-bond acceptors (Lipinski definition) is 5. The summed E-state index contributed by atoms with van der Waals surface area (Å²) in [5.41, 5.74) is 0. The van der Waals surface area contributed by atoms with Crippen LogP contribution in [0.2, 0.25) is 0 Å². The summed E-state index contributed by atoms with van der Waals surface area (Å²) in [7, 11) is 0. The van der Waals surface area contributed by atoms with E-state index in [4.69, 9.17) is 4.42 Å². The first kappa shape index (κ1) is 16.6. The summed E-state index contributed by atoms with van der Waals surface area (Å²) in [5, 5.41) is 6.59. The van der Waals surface area contributed by atoms with Crippen LogP contribution < -0.4 is 5.32 Å².